The van der Waals surface area contributed by atoms with Gasteiger partial charge in [-0.3, -0.25) is 10.1 Å². The van der Waals surface area contributed by atoms with Crippen LogP contribution in [-0.4, -0.2) is 29.5 Å². The number of rotatable bonds is 5. The van der Waals surface area contributed by atoms with E-state index in [2.05, 4.69) is 6.08 Å². The Morgan fingerprint density at radius 3 is 2.80 bits per heavy atom. The Labute approximate surface area is 234 Å². The van der Waals surface area contributed by atoms with Crippen molar-refractivity contribution in [2.75, 3.05) is 13.6 Å². The molecule has 3 heterocycles. The van der Waals surface area contributed by atoms with E-state index in [1.54, 1.807) is 0 Å². The van der Waals surface area contributed by atoms with E-state index in [1.165, 1.54) is 12.1 Å². The lowest BCUT2D eigenvalue weighted by atomic mass is 9.86. The quantitative estimate of drug-likeness (QED) is 0.167. The molecule has 0 N–H and O–H groups in total. The molecule has 0 bridgehead atoms. The van der Waals surface area contributed by atoms with E-state index < -0.39 is 10.9 Å². The Hall–Kier alpha value is -4.96. The Morgan fingerprint density at radius 2 is 1.90 bits per heavy atom. The van der Waals surface area contributed by atoms with Gasteiger partial charge in [0.15, 0.2) is 18.3 Å². The minimum absolute atomic E-state index is 0.0206. The molecule has 10 heteroatoms. The van der Waals surface area contributed by atoms with Crippen molar-refractivity contribution in [2.45, 2.75) is 32.5 Å². The summed E-state index contributed by atoms with van der Waals surface area (Å²) >= 11 is 0. The van der Waals surface area contributed by atoms with E-state index in [4.69, 9.17) is 28.7 Å². The summed E-state index contributed by atoms with van der Waals surface area (Å²) in [6, 6.07) is 16.1. The summed E-state index contributed by atoms with van der Waals surface area (Å²) in [5, 5.41) is 12.2. The van der Waals surface area contributed by atoms with Crippen LogP contribution in [0.3, 0.4) is 0 Å². The number of aromatic nitrogens is 1. The molecule has 0 amide bonds. The second kappa shape index (κ2) is 10.2. The van der Waals surface area contributed by atoms with Crippen LogP contribution in [-0.2, 0) is 29.1 Å². The van der Waals surface area contributed by atoms with Crippen molar-refractivity contribution in [3.8, 4) is 17.2 Å². The summed E-state index contributed by atoms with van der Waals surface area (Å²) in [6.07, 6.45) is 4.39. The molecule has 3 aliphatic rings. The van der Waals surface area contributed by atoms with Crippen LogP contribution in [0.4, 0.5) is 5.69 Å². The molecule has 0 radical (unpaired) electrons. The number of benzene rings is 3. The topological polar surface area (TPSA) is 119 Å². The van der Waals surface area contributed by atoms with Crippen LogP contribution in [0.15, 0.2) is 54.6 Å². The monoisotopic (exact) mass is 552 g/mol. The van der Waals surface area contributed by atoms with Crippen molar-refractivity contribution in [1.29, 1.82) is 0 Å². The fourth-order valence-corrected chi connectivity index (χ4v) is 5.62. The van der Waals surface area contributed by atoms with Crippen LogP contribution < -0.4 is 14.2 Å². The van der Waals surface area contributed by atoms with Gasteiger partial charge in [-0.05, 0) is 60.2 Å². The maximum atomic E-state index is 13.8. The molecule has 10 nitrogen and oxygen atoms in total. The Balaban J connectivity index is 1.26. The normalized spacial score (nSPS) is 16.1. The number of allylic oxidation sites excluding steroid dienone is 1. The first-order valence-electron chi connectivity index (χ1n) is 13.3. The van der Waals surface area contributed by atoms with Gasteiger partial charge >= 0.3 is 5.97 Å². The highest BCUT2D eigenvalue weighted by Gasteiger charge is 2.27. The number of pyridine rings is 1. The summed E-state index contributed by atoms with van der Waals surface area (Å²) in [4.78, 5) is 29.8. The van der Waals surface area contributed by atoms with Crippen molar-refractivity contribution in [2.24, 2.45) is 0 Å². The predicted octanol–water partition coefficient (Wildman–Crippen LogP) is 5.97. The van der Waals surface area contributed by atoms with Gasteiger partial charge in [0.1, 0.15) is 12.4 Å². The average molecular weight is 553 g/mol. The Kier molecular flexibility index (Phi) is 6.24. The molecular weight excluding hydrogens is 528 g/mol. The van der Waals surface area contributed by atoms with Gasteiger partial charge in [0, 0.05) is 28.6 Å². The number of carbonyl (C=O) groups is 1. The molecule has 0 unspecified atom stereocenters. The largest absolute Gasteiger partial charge is 0.467 e. The van der Waals surface area contributed by atoms with Gasteiger partial charge in [-0.15, -0.1) is 0 Å². The molecule has 0 atom stereocenters. The standard InChI is InChI=1S/C31H24N2O8/c34-31(38-15-21-13-22(33(35)36)12-20-14-37-16-41-30(20)21)28-23-5-1-2-7-25(23)32-29-19(4-3-6-24(28)29)10-18-8-9-26-27(11-18)40-17-39-26/h1-2,5,7-13H,3-4,6,14-17H2/b19-10+. The van der Waals surface area contributed by atoms with Gasteiger partial charge in [0.2, 0.25) is 6.79 Å². The summed E-state index contributed by atoms with van der Waals surface area (Å²) in [5.74, 6) is 1.35. The molecule has 0 fully saturated rings. The lowest BCUT2D eigenvalue weighted by Gasteiger charge is -2.23. The van der Waals surface area contributed by atoms with Crippen LogP contribution in [0.1, 0.15) is 51.1 Å². The Bertz CT molecular complexity index is 1760. The van der Waals surface area contributed by atoms with Crippen molar-refractivity contribution < 1.29 is 33.4 Å². The molecule has 41 heavy (non-hydrogen) atoms. The van der Waals surface area contributed by atoms with Gasteiger partial charge < -0.3 is 23.7 Å². The van der Waals surface area contributed by atoms with Crippen LogP contribution in [0.5, 0.6) is 17.2 Å². The zero-order valence-electron chi connectivity index (χ0n) is 21.9. The minimum Gasteiger partial charge on any atom is -0.467 e. The van der Waals surface area contributed by atoms with Crippen LogP contribution >= 0.6 is 0 Å². The molecular formula is C31H24N2O8. The summed E-state index contributed by atoms with van der Waals surface area (Å²) in [7, 11) is 0. The third kappa shape index (κ3) is 4.62. The molecule has 206 valence electrons. The molecule has 4 aromatic rings. The average Bonchev–Trinajstić information content (AvgIpc) is 3.46. The molecule has 3 aromatic carbocycles. The number of para-hydroxylation sites is 1. The van der Waals surface area contributed by atoms with Gasteiger partial charge in [0.25, 0.3) is 5.69 Å². The first-order valence-corrected chi connectivity index (χ1v) is 13.3. The molecule has 0 saturated heterocycles. The maximum Gasteiger partial charge on any atom is 0.339 e. The molecule has 0 spiro atoms. The number of fused-ring (bicyclic) bond motifs is 4. The highest BCUT2D eigenvalue weighted by atomic mass is 16.7. The predicted molar refractivity (Wildman–Crippen MR) is 148 cm³/mol. The van der Waals surface area contributed by atoms with E-state index in [9.17, 15) is 14.9 Å². The van der Waals surface area contributed by atoms with E-state index in [1.807, 2.05) is 42.5 Å². The number of nitro groups is 1. The molecule has 1 aliphatic carbocycles. The van der Waals surface area contributed by atoms with E-state index in [-0.39, 0.29) is 32.5 Å². The number of hydrogen-bond donors (Lipinski definition) is 0. The maximum absolute atomic E-state index is 13.8. The number of hydrogen-bond acceptors (Lipinski definition) is 9. The minimum atomic E-state index is -0.517. The lowest BCUT2D eigenvalue weighted by molar-refractivity contribution is -0.385. The van der Waals surface area contributed by atoms with Gasteiger partial charge in [-0.1, -0.05) is 24.3 Å². The van der Waals surface area contributed by atoms with Gasteiger partial charge in [0.05, 0.1) is 28.3 Å². The van der Waals surface area contributed by atoms with Crippen LogP contribution in [0.2, 0.25) is 0 Å². The van der Waals surface area contributed by atoms with Crippen molar-refractivity contribution in [3.05, 3.63) is 98.2 Å². The summed E-state index contributed by atoms with van der Waals surface area (Å²) in [5.41, 5.74) is 5.57. The van der Waals surface area contributed by atoms with Crippen LogP contribution in [0.25, 0.3) is 22.6 Å². The Morgan fingerprint density at radius 1 is 1.02 bits per heavy atom. The number of carbonyl (C=O) groups excluding carboxylic acids is 1. The van der Waals surface area contributed by atoms with E-state index in [0.29, 0.717) is 51.3 Å². The number of esters is 1. The van der Waals surface area contributed by atoms with E-state index >= 15 is 0 Å². The zero-order valence-corrected chi connectivity index (χ0v) is 21.9. The molecule has 7 rings (SSSR count). The number of ether oxygens (including phenoxy) is 5. The van der Waals surface area contributed by atoms with E-state index in [0.717, 1.165) is 35.2 Å². The van der Waals surface area contributed by atoms with Crippen molar-refractivity contribution in [1.82, 2.24) is 4.98 Å². The second-order valence-corrected chi connectivity index (χ2v) is 10.0. The lowest BCUT2D eigenvalue weighted by Crippen LogP contribution is -2.17. The SMILES string of the molecule is O=C(OCc1cc([N+](=O)[O-])cc2c1OCOC2)c1c2c(nc3ccccc13)/C(=C/c1ccc3c(c1)OCO3)CCC2. The molecule has 0 saturated carbocycles. The zero-order chi connectivity index (χ0) is 27.9. The molecule has 1 aromatic heterocycles. The van der Waals surface area contributed by atoms with Crippen molar-refractivity contribution >= 4 is 34.2 Å². The number of nitrogens with zero attached hydrogens (tertiary/aromatic N) is 2. The highest BCUT2D eigenvalue weighted by Crippen LogP contribution is 2.39. The van der Waals surface area contributed by atoms with Crippen LogP contribution in [0, 0.1) is 10.1 Å². The number of nitro benzene ring substituents is 1. The molecule has 2 aliphatic heterocycles. The smallest absolute Gasteiger partial charge is 0.339 e. The highest BCUT2D eigenvalue weighted by molar-refractivity contribution is 6.06. The summed E-state index contributed by atoms with van der Waals surface area (Å²) in [6.45, 7) is 0.218. The van der Waals surface area contributed by atoms with Crippen molar-refractivity contribution in [3.63, 3.8) is 0 Å². The van der Waals surface area contributed by atoms with Gasteiger partial charge in [-0.2, -0.15) is 0 Å². The fraction of sp³-hybridized carbons (Fsp3) is 0.226. The third-order valence-corrected chi connectivity index (χ3v) is 7.45. The number of non-ortho nitro benzene ring substituents is 1. The first-order chi connectivity index (χ1) is 20.0. The fourth-order valence-electron chi connectivity index (χ4n) is 5.62. The second-order valence-electron chi connectivity index (χ2n) is 10.0. The third-order valence-electron chi connectivity index (χ3n) is 7.45. The van der Waals surface area contributed by atoms with Gasteiger partial charge in [-0.25, -0.2) is 9.78 Å². The first kappa shape index (κ1) is 25.0. The summed E-state index contributed by atoms with van der Waals surface area (Å²) < 4.78 is 27.7.